The van der Waals surface area contributed by atoms with Crippen LogP contribution in [0.25, 0.3) is 10.9 Å². The average molecular weight is 438 g/mol. The summed E-state index contributed by atoms with van der Waals surface area (Å²) >= 11 is 0. The fraction of sp³-hybridized carbons (Fsp3) is 0.350. The first kappa shape index (κ1) is 20.7. The number of alkyl halides is 3. The zero-order valence-electron chi connectivity index (χ0n) is 16.1. The van der Waals surface area contributed by atoms with Gasteiger partial charge >= 0.3 is 6.18 Å². The summed E-state index contributed by atoms with van der Waals surface area (Å²) in [4.78, 5) is 13.0. The Morgan fingerprint density at radius 2 is 1.90 bits per heavy atom. The lowest BCUT2D eigenvalue weighted by Gasteiger charge is -2.15. The van der Waals surface area contributed by atoms with E-state index in [0.717, 1.165) is 12.8 Å². The number of anilines is 1. The highest BCUT2D eigenvalue weighted by Gasteiger charge is 2.35. The SMILES string of the molecule is Cc1nc(NCc2cccc(C(F)(F)F)c2F)c2cc(P3(=O)CCCC3)ncc2n1. The molecule has 10 heteroatoms. The third kappa shape index (κ3) is 3.90. The molecule has 0 amide bonds. The molecule has 0 atom stereocenters. The van der Waals surface area contributed by atoms with Crippen molar-refractivity contribution in [1.29, 1.82) is 0 Å². The summed E-state index contributed by atoms with van der Waals surface area (Å²) in [5.41, 5.74) is -0.416. The summed E-state index contributed by atoms with van der Waals surface area (Å²) in [6.07, 6.45) is -0.241. The average Bonchev–Trinajstić information content (AvgIpc) is 3.13. The van der Waals surface area contributed by atoms with Gasteiger partial charge in [-0.25, -0.2) is 14.4 Å². The molecule has 0 aliphatic carbocycles. The summed E-state index contributed by atoms with van der Waals surface area (Å²) in [5.74, 6) is -0.550. The molecule has 158 valence electrons. The second kappa shape index (κ2) is 7.61. The maximum atomic E-state index is 14.3. The number of nitrogens with one attached hydrogen (secondary N) is 1. The van der Waals surface area contributed by atoms with E-state index in [2.05, 4.69) is 20.3 Å². The maximum Gasteiger partial charge on any atom is 0.419 e. The van der Waals surface area contributed by atoms with Gasteiger partial charge in [0.2, 0.25) is 0 Å². The van der Waals surface area contributed by atoms with Crippen LogP contribution in [-0.4, -0.2) is 27.3 Å². The molecule has 2 aromatic heterocycles. The van der Waals surface area contributed by atoms with Gasteiger partial charge in [0.1, 0.15) is 30.0 Å². The molecule has 1 saturated heterocycles. The minimum Gasteiger partial charge on any atom is -0.365 e. The third-order valence-corrected chi connectivity index (χ3v) is 8.37. The monoisotopic (exact) mass is 438 g/mol. The van der Waals surface area contributed by atoms with Crippen LogP contribution >= 0.6 is 7.14 Å². The molecule has 3 aromatic rings. The maximum absolute atomic E-state index is 14.3. The van der Waals surface area contributed by atoms with E-state index in [-0.39, 0.29) is 12.1 Å². The van der Waals surface area contributed by atoms with Crippen LogP contribution in [0.5, 0.6) is 0 Å². The fourth-order valence-electron chi connectivity index (χ4n) is 3.68. The molecule has 1 aromatic carbocycles. The van der Waals surface area contributed by atoms with E-state index >= 15 is 0 Å². The molecule has 0 spiro atoms. The van der Waals surface area contributed by atoms with Gasteiger partial charge in [-0.05, 0) is 31.9 Å². The predicted octanol–water partition coefficient (Wildman–Crippen LogP) is 4.89. The molecule has 5 nitrogen and oxygen atoms in total. The summed E-state index contributed by atoms with van der Waals surface area (Å²) in [6.45, 7) is 1.47. The van der Waals surface area contributed by atoms with E-state index in [4.69, 9.17) is 0 Å². The van der Waals surface area contributed by atoms with Crippen molar-refractivity contribution in [3.05, 3.63) is 53.2 Å². The van der Waals surface area contributed by atoms with Crippen molar-refractivity contribution in [2.75, 3.05) is 17.6 Å². The lowest BCUT2D eigenvalue weighted by molar-refractivity contribution is -0.140. The van der Waals surface area contributed by atoms with Gasteiger partial charge in [0.15, 0.2) is 0 Å². The van der Waals surface area contributed by atoms with Crippen molar-refractivity contribution >= 4 is 29.3 Å². The molecular formula is C20H19F4N4OP. The third-order valence-electron chi connectivity index (χ3n) is 5.22. The first-order valence-electron chi connectivity index (χ1n) is 9.49. The highest BCUT2D eigenvalue weighted by atomic mass is 31.2. The van der Waals surface area contributed by atoms with E-state index in [1.54, 1.807) is 13.0 Å². The van der Waals surface area contributed by atoms with E-state index in [1.807, 2.05) is 0 Å². The fourth-order valence-corrected chi connectivity index (χ4v) is 6.47. The number of aryl methyl sites for hydroxylation is 1. The van der Waals surface area contributed by atoms with Gasteiger partial charge in [0.05, 0.1) is 17.3 Å². The van der Waals surface area contributed by atoms with E-state index in [0.29, 0.717) is 46.4 Å². The summed E-state index contributed by atoms with van der Waals surface area (Å²) in [6, 6.07) is 4.85. The molecule has 30 heavy (non-hydrogen) atoms. The van der Waals surface area contributed by atoms with Crippen LogP contribution in [0.4, 0.5) is 23.4 Å². The topological polar surface area (TPSA) is 67.8 Å². The Balaban J connectivity index is 1.70. The molecular weight excluding hydrogens is 419 g/mol. The van der Waals surface area contributed by atoms with Crippen LogP contribution in [-0.2, 0) is 17.3 Å². The van der Waals surface area contributed by atoms with Crippen molar-refractivity contribution < 1.29 is 22.1 Å². The van der Waals surface area contributed by atoms with Crippen LogP contribution in [0.3, 0.4) is 0 Å². The zero-order chi connectivity index (χ0) is 21.5. The van der Waals surface area contributed by atoms with Crippen molar-refractivity contribution in [2.24, 2.45) is 0 Å². The van der Waals surface area contributed by atoms with Crippen LogP contribution in [0.15, 0.2) is 30.5 Å². The van der Waals surface area contributed by atoms with Crippen molar-refractivity contribution in [2.45, 2.75) is 32.5 Å². The van der Waals surface area contributed by atoms with E-state index in [1.165, 1.54) is 18.3 Å². The first-order valence-corrected chi connectivity index (χ1v) is 11.6. The Labute approximate surface area is 170 Å². The molecule has 1 fully saturated rings. The Bertz CT molecular complexity index is 1160. The van der Waals surface area contributed by atoms with Crippen LogP contribution in [0, 0.1) is 12.7 Å². The highest BCUT2D eigenvalue weighted by Crippen LogP contribution is 2.50. The van der Waals surface area contributed by atoms with Crippen molar-refractivity contribution in [3.63, 3.8) is 0 Å². The molecule has 1 N–H and O–H groups in total. The number of rotatable bonds is 4. The van der Waals surface area contributed by atoms with Gasteiger partial charge in [-0.2, -0.15) is 13.2 Å². The normalized spacial score (nSPS) is 16.2. The zero-order valence-corrected chi connectivity index (χ0v) is 17.0. The second-order valence-electron chi connectivity index (χ2n) is 7.35. The van der Waals surface area contributed by atoms with Gasteiger partial charge in [-0.1, -0.05) is 12.1 Å². The minimum atomic E-state index is -4.77. The number of aromatic nitrogens is 3. The second-order valence-corrected chi connectivity index (χ2v) is 10.5. The molecule has 3 heterocycles. The van der Waals surface area contributed by atoms with Gasteiger partial charge in [-0.15, -0.1) is 0 Å². The van der Waals surface area contributed by atoms with Gasteiger partial charge in [0, 0.05) is 29.8 Å². The molecule has 1 aliphatic heterocycles. The van der Waals surface area contributed by atoms with Gasteiger partial charge < -0.3 is 9.88 Å². The summed E-state index contributed by atoms with van der Waals surface area (Å²) in [5, 5.41) is 3.47. The Hall–Kier alpha value is -2.54. The summed E-state index contributed by atoms with van der Waals surface area (Å²) in [7, 11) is -2.55. The Morgan fingerprint density at radius 3 is 2.60 bits per heavy atom. The number of fused-ring (bicyclic) bond motifs is 1. The minimum absolute atomic E-state index is 0.132. The smallest absolute Gasteiger partial charge is 0.365 e. The van der Waals surface area contributed by atoms with Gasteiger partial charge in [-0.3, -0.25) is 4.98 Å². The largest absolute Gasteiger partial charge is 0.419 e. The van der Waals surface area contributed by atoms with E-state index in [9.17, 15) is 22.1 Å². The number of benzene rings is 1. The molecule has 0 radical (unpaired) electrons. The number of hydrogen-bond donors (Lipinski definition) is 1. The first-order chi connectivity index (χ1) is 14.2. The van der Waals surface area contributed by atoms with Crippen molar-refractivity contribution in [1.82, 2.24) is 15.0 Å². The molecule has 0 unspecified atom stereocenters. The highest BCUT2D eigenvalue weighted by molar-refractivity contribution is 7.71. The lowest BCUT2D eigenvalue weighted by Crippen LogP contribution is -2.14. The summed E-state index contributed by atoms with van der Waals surface area (Å²) < 4.78 is 66.4. The molecule has 0 saturated carbocycles. The molecule has 1 aliphatic rings. The predicted molar refractivity (Wildman–Crippen MR) is 107 cm³/mol. The molecule has 0 bridgehead atoms. The number of nitrogens with zero attached hydrogens (tertiary/aromatic N) is 3. The lowest BCUT2D eigenvalue weighted by atomic mass is 10.1. The van der Waals surface area contributed by atoms with Crippen LogP contribution < -0.4 is 10.8 Å². The molecule has 4 rings (SSSR count). The Kier molecular flexibility index (Phi) is 5.26. The van der Waals surface area contributed by atoms with Gasteiger partial charge in [0.25, 0.3) is 0 Å². The van der Waals surface area contributed by atoms with Crippen molar-refractivity contribution in [3.8, 4) is 0 Å². The Morgan fingerprint density at radius 1 is 1.17 bits per heavy atom. The van der Waals surface area contributed by atoms with Crippen LogP contribution in [0.1, 0.15) is 29.8 Å². The standard InChI is InChI=1S/C20H19F4N4OP/c1-12-27-16-11-25-17(30(29)7-2-3-8-30)9-14(16)19(28-12)26-10-13-5-4-6-15(18(13)21)20(22,23)24/h4-6,9,11H,2-3,7-8,10H2,1H3,(H,26,27,28). The van der Waals surface area contributed by atoms with Crippen LogP contribution in [0.2, 0.25) is 0 Å². The number of hydrogen-bond acceptors (Lipinski definition) is 5. The number of halogens is 4. The van der Waals surface area contributed by atoms with E-state index < -0.39 is 24.7 Å². The quantitative estimate of drug-likeness (QED) is 0.464. The number of pyridine rings is 1.